The van der Waals surface area contributed by atoms with Crippen LogP contribution in [0.1, 0.15) is 20.8 Å². The fourth-order valence-electron chi connectivity index (χ4n) is 1.58. The minimum atomic E-state index is 0.571. The summed E-state index contributed by atoms with van der Waals surface area (Å²) < 4.78 is 0. The van der Waals surface area contributed by atoms with Gasteiger partial charge in [0.15, 0.2) is 0 Å². The lowest BCUT2D eigenvalue weighted by atomic mass is 10.1. The van der Waals surface area contributed by atoms with Crippen LogP contribution in [0.2, 0.25) is 0 Å². The molecule has 4 heteroatoms. The summed E-state index contributed by atoms with van der Waals surface area (Å²) in [6.07, 6.45) is 14.9. The van der Waals surface area contributed by atoms with Crippen LogP contribution in [0.15, 0.2) is 117 Å². The van der Waals surface area contributed by atoms with E-state index in [1.54, 1.807) is 6.08 Å². The first-order chi connectivity index (χ1) is 12.9. The second kappa shape index (κ2) is 14.8. The van der Waals surface area contributed by atoms with Crippen molar-refractivity contribution in [3.63, 3.8) is 0 Å². The van der Waals surface area contributed by atoms with Gasteiger partial charge in [0, 0.05) is 14.7 Å². The molecule has 27 heavy (non-hydrogen) atoms. The van der Waals surface area contributed by atoms with Crippen molar-refractivity contribution in [1.82, 2.24) is 0 Å². The van der Waals surface area contributed by atoms with Crippen LogP contribution in [0.4, 0.5) is 0 Å². The van der Waals surface area contributed by atoms with Gasteiger partial charge in [-0.05, 0) is 31.8 Å². The molecule has 0 unspecified atom stereocenters. The van der Waals surface area contributed by atoms with Gasteiger partial charge in [0.2, 0.25) is 0 Å². The molecule has 0 fully saturated rings. The molecule has 0 aliphatic carbocycles. The molecule has 2 nitrogen and oxygen atoms in total. The van der Waals surface area contributed by atoms with Gasteiger partial charge in [0.05, 0.1) is 11.4 Å². The average Bonchev–Trinajstić information content (AvgIpc) is 2.66. The van der Waals surface area contributed by atoms with E-state index >= 15 is 0 Å². The Morgan fingerprint density at radius 2 is 1.63 bits per heavy atom. The van der Waals surface area contributed by atoms with E-state index in [1.807, 2.05) is 62.6 Å². The molecule has 0 saturated carbocycles. The van der Waals surface area contributed by atoms with Gasteiger partial charge in [-0.3, -0.25) is 0 Å². The van der Waals surface area contributed by atoms with Crippen LogP contribution >= 0.6 is 23.5 Å². The summed E-state index contributed by atoms with van der Waals surface area (Å²) in [4.78, 5) is 11.1. The van der Waals surface area contributed by atoms with Crippen molar-refractivity contribution < 1.29 is 0 Å². The van der Waals surface area contributed by atoms with E-state index in [0.717, 1.165) is 26.0 Å². The zero-order valence-electron chi connectivity index (χ0n) is 16.4. The summed E-state index contributed by atoms with van der Waals surface area (Å²) >= 11 is 2.90. The predicted octanol–water partition coefficient (Wildman–Crippen LogP) is 7.78. The van der Waals surface area contributed by atoms with Gasteiger partial charge in [-0.1, -0.05) is 99.0 Å². The summed E-state index contributed by atoms with van der Waals surface area (Å²) in [5.74, 6) is 0. The molecule has 0 radical (unpaired) electrons. The number of hydrogen-bond acceptors (Lipinski definition) is 3. The summed E-state index contributed by atoms with van der Waals surface area (Å²) in [6, 6.07) is 0. The van der Waals surface area contributed by atoms with Gasteiger partial charge >= 0.3 is 0 Å². The van der Waals surface area contributed by atoms with E-state index < -0.39 is 0 Å². The van der Waals surface area contributed by atoms with E-state index in [-0.39, 0.29) is 0 Å². The Bertz CT molecular complexity index is 757. The minimum Gasteiger partial charge on any atom is -0.236 e. The molecule has 0 aromatic carbocycles. The zero-order valence-corrected chi connectivity index (χ0v) is 18.1. The van der Waals surface area contributed by atoms with Gasteiger partial charge < -0.3 is 0 Å². The van der Waals surface area contributed by atoms with Crippen molar-refractivity contribution >= 4 is 35.6 Å². The van der Waals surface area contributed by atoms with Gasteiger partial charge in [-0.15, -0.1) is 0 Å². The monoisotopic (exact) mass is 396 g/mol. The van der Waals surface area contributed by atoms with Crippen molar-refractivity contribution in [3.8, 4) is 0 Å². The van der Waals surface area contributed by atoms with E-state index in [1.165, 1.54) is 29.9 Å². The molecule has 0 heterocycles. The van der Waals surface area contributed by atoms with E-state index in [9.17, 15) is 0 Å². The van der Waals surface area contributed by atoms with Gasteiger partial charge in [0.1, 0.15) is 6.34 Å². The Hall–Kier alpha value is -2.30. The number of nitrogens with zero attached hydrogens (tertiary/aromatic N) is 2. The Morgan fingerprint density at radius 3 is 2.19 bits per heavy atom. The molecule has 142 valence electrons. The lowest BCUT2D eigenvalue weighted by Crippen LogP contribution is -2.03. The second-order valence-electron chi connectivity index (χ2n) is 5.00. The van der Waals surface area contributed by atoms with E-state index in [2.05, 4.69) is 42.9 Å². The molecular weight excluding hydrogens is 368 g/mol. The average molecular weight is 397 g/mol. The lowest BCUT2D eigenvalue weighted by molar-refractivity contribution is 1.42. The SMILES string of the molecule is C=CC(=C)SC(=C)C(=NC=NC(=C)C(=C)S/C=C\C)C(/C=C\C=C/C)=C/C. The fourth-order valence-corrected chi connectivity index (χ4v) is 2.74. The third-order valence-corrected chi connectivity index (χ3v) is 4.78. The molecule has 0 N–H and O–H groups in total. The lowest BCUT2D eigenvalue weighted by Gasteiger charge is -2.09. The fraction of sp³-hybridized carbons (Fsp3) is 0.130. The third kappa shape index (κ3) is 10.4. The van der Waals surface area contributed by atoms with Crippen LogP contribution < -0.4 is 0 Å². The molecule has 0 aromatic heterocycles. The highest BCUT2D eigenvalue weighted by Crippen LogP contribution is 2.27. The Balaban J connectivity index is 5.65. The van der Waals surface area contributed by atoms with Crippen LogP contribution in [0.25, 0.3) is 0 Å². The van der Waals surface area contributed by atoms with Gasteiger partial charge in [-0.2, -0.15) is 0 Å². The molecule has 0 bridgehead atoms. The predicted molar refractivity (Wildman–Crippen MR) is 130 cm³/mol. The zero-order chi connectivity index (χ0) is 20.7. The van der Waals surface area contributed by atoms with Gasteiger partial charge in [-0.25, -0.2) is 9.98 Å². The van der Waals surface area contributed by atoms with Crippen molar-refractivity contribution in [2.24, 2.45) is 9.98 Å². The number of thioether (sulfide) groups is 2. The van der Waals surface area contributed by atoms with Crippen molar-refractivity contribution in [2.75, 3.05) is 0 Å². The molecule has 0 aliphatic rings. The molecule has 0 amide bonds. The third-order valence-electron chi connectivity index (χ3n) is 2.98. The Kier molecular flexibility index (Phi) is 13.6. The molecular formula is C23H28N2S2. The summed E-state index contributed by atoms with van der Waals surface area (Å²) in [5, 5.41) is 1.93. The summed E-state index contributed by atoms with van der Waals surface area (Å²) in [5.41, 5.74) is 2.22. The largest absolute Gasteiger partial charge is 0.236 e. The Morgan fingerprint density at radius 1 is 0.926 bits per heavy atom. The van der Waals surface area contributed by atoms with Crippen molar-refractivity contribution in [3.05, 3.63) is 107 Å². The summed E-state index contributed by atoms with van der Waals surface area (Å²) in [6.45, 7) is 25.5. The maximum absolute atomic E-state index is 4.52. The highest BCUT2D eigenvalue weighted by atomic mass is 32.2. The molecule has 0 atom stereocenters. The van der Waals surface area contributed by atoms with Crippen LogP contribution in [-0.4, -0.2) is 12.1 Å². The van der Waals surface area contributed by atoms with Crippen molar-refractivity contribution in [1.29, 1.82) is 0 Å². The van der Waals surface area contributed by atoms with Crippen LogP contribution in [0, 0.1) is 0 Å². The van der Waals surface area contributed by atoms with E-state index in [4.69, 9.17) is 0 Å². The van der Waals surface area contributed by atoms with Crippen LogP contribution in [0.3, 0.4) is 0 Å². The first-order valence-corrected chi connectivity index (χ1v) is 10.0. The quantitative estimate of drug-likeness (QED) is 0.191. The Labute approximate surface area is 173 Å². The normalized spacial score (nSPS) is 13.1. The highest BCUT2D eigenvalue weighted by molar-refractivity contribution is 8.07. The molecule has 0 rings (SSSR count). The molecule has 0 spiro atoms. The molecule has 0 saturated heterocycles. The molecule has 0 aromatic rings. The minimum absolute atomic E-state index is 0.571. The summed E-state index contributed by atoms with van der Waals surface area (Å²) in [7, 11) is 0. The first-order valence-electron chi connectivity index (χ1n) is 8.32. The maximum Gasteiger partial charge on any atom is 0.116 e. The van der Waals surface area contributed by atoms with Crippen LogP contribution in [-0.2, 0) is 0 Å². The first kappa shape index (κ1) is 24.7. The standard InChI is InChI=1S/C23H28N2S2/c1-9-13-14-15-22(12-4)23(21(8)27-18(5)11-3)25-17-24-19(6)20(7)26-16-10-2/h9-17H,3,5-8H2,1-2,4H3/b13-9-,15-14-,16-10-,22-12+,24-17?,25-23?. The van der Waals surface area contributed by atoms with E-state index in [0.29, 0.717) is 5.70 Å². The van der Waals surface area contributed by atoms with Crippen molar-refractivity contribution in [2.45, 2.75) is 20.8 Å². The highest BCUT2D eigenvalue weighted by Gasteiger charge is 2.09. The topological polar surface area (TPSA) is 24.7 Å². The maximum atomic E-state index is 4.52. The number of aliphatic imine (C=N–C) groups is 2. The smallest absolute Gasteiger partial charge is 0.116 e. The number of hydrogen-bond donors (Lipinski definition) is 0. The molecule has 0 aliphatic heterocycles. The van der Waals surface area contributed by atoms with Crippen LogP contribution in [0.5, 0.6) is 0 Å². The number of allylic oxidation sites excluding steroid dienone is 9. The second-order valence-corrected chi connectivity index (χ2v) is 7.23. The number of rotatable bonds is 12. The van der Waals surface area contributed by atoms with Gasteiger partial charge in [0.25, 0.3) is 0 Å².